The lowest BCUT2D eigenvalue weighted by molar-refractivity contribution is 0.0733. The van der Waals surface area contributed by atoms with Gasteiger partial charge in [-0.1, -0.05) is 11.6 Å². The molecule has 1 aromatic carbocycles. The largest absolute Gasteiger partial charge is 0.379 e. The maximum atomic E-state index is 12.1. The summed E-state index contributed by atoms with van der Waals surface area (Å²) in [4.78, 5) is 0. The molecule has 0 aromatic heterocycles. The van der Waals surface area contributed by atoms with Crippen molar-refractivity contribution in [3.8, 4) is 0 Å². The Labute approximate surface area is 119 Å². The monoisotopic (exact) mass is 354 g/mol. The Morgan fingerprint density at radius 3 is 2.61 bits per heavy atom. The Hall–Kier alpha value is -0.340. The van der Waals surface area contributed by atoms with Gasteiger partial charge in [-0.25, -0.2) is 0 Å². The zero-order chi connectivity index (χ0) is 13.2. The fourth-order valence-corrected chi connectivity index (χ4v) is 3.24. The number of nitrogens with one attached hydrogen (secondary N) is 1. The molecular weight excluding hydrogens is 344 g/mol. The van der Waals surface area contributed by atoms with Gasteiger partial charge in [0.15, 0.2) is 0 Å². The van der Waals surface area contributed by atoms with Gasteiger partial charge >= 0.3 is 10.2 Å². The van der Waals surface area contributed by atoms with Gasteiger partial charge in [-0.05, 0) is 34.1 Å². The first-order valence-electron chi connectivity index (χ1n) is 5.30. The van der Waals surface area contributed by atoms with Crippen molar-refractivity contribution in [2.45, 2.75) is 0 Å². The smallest absolute Gasteiger partial charge is 0.301 e. The first-order chi connectivity index (χ1) is 8.49. The van der Waals surface area contributed by atoms with Gasteiger partial charge in [-0.2, -0.15) is 12.7 Å². The molecule has 0 unspecified atom stereocenters. The van der Waals surface area contributed by atoms with Crippen molar-refractivity contribution in [1.29, 1.82) is 0 Å². The van der Waals surface area contributed by atoms with Crippen molar-refractivity contribution in [3.63, 3.8) is 0 Å². The van der Waals surface area contributed by atoms with E-state index >= 15 is 0 Å². The second kappa shape index (κ2) is 5.75. The van der Waals surface area contributed by atoms with Crippen LogP contribution in [0.25, 0.3) is 0 Å². The molecule has 0 aliphatic carbocycles. The summed E-state index contributed by atoms with van der Waals surface area (Å²) in [5.74, 6) is 0. The topological polar surface area (TPSA) is 58.6 Å². The molecule has 0 saturated carbocycles. The van der Waals surface area contributed by atoms with Gasteiger partial charge in [0.2, 0.25) is 0 Å². The quantitative estimate of drug-likeness (QED) is 0.903. The van der Waals surface area contributed by atoms with Crippen LogP contribution < -0.4 is 4.72 Å². The highest BCUT2D eigenvalue weighted by atomic mass is 79.9. The van der Waals surface area contributed by atoms with Crippen LogP contribution in [0.1, 0.15) is 0 Å². The van der Waals surface area contributed by atoms with Gasteiger partial charge in [0.25, 0.3) is 0 Å². The summed E-state index contributed by atoms with van der Waals surface area (Å²) in [5.41, 5.74) is 0.470. The molecule has 0 radical (unpaired) electrons. The third-order valence-electron chi connectivity index (χ3n) is 2.48. The van der Waals surface area contributed by atoms with E-state index in [0.717, 1.165) is 0 Å². The molecule has 1 fully saturated rings. The fraction of sp³-hybridized carbons (Fsp3) is 0.400. The van der Waals surface area contributed by atoms with Gasteiger partial charge in [0.05, 0.1) is 23.9 Å². The molecule has 18 heavy (non-hydrogen) atoms. The maximum absolute atomic E-state index is 12.1. The van der Waals surface area contributed by atoms with Gasteiger partial charge in [-0.15, -0.1) is 0 Å². The van der Waals surface area contributed by atoms with Crippen LogP contribution >= 0.6 is 27.5 Å². The number of halogens is 2. The number of morpholine rings is 1. The first-order valence-corrected chi connectivity index (χ1v) is 7.91. The Morgan fingerprint density at radius 1 is 1.33 bits per heavy atom. The Morgan fingerprint density at radius 2 is 2.00 bits per heavy atom. The lowest BCUT2D eigenvalue weighted by atomic mass is 10.3. The van der Waals surface area contributed by atoms with Crippen LogP contribution in [0, 0.1) is 0 Å². The maximum Gasteiger partial charge on any atom is 0.301 e. The minimum Gasteiger partial charge on any atom is -0.379 e. The number of ether oxygens (including phenoxy) is 1. The van der Waals surface area contributed by atoms with Crippen LogP contribution in [0.5, 0.6) is 0 Å². The Balaban J connectivity index is 2.13. The molecule has 1 heterocycles. The van der Waals surface area contributed by atoms with Crippen molar-refractivity contribution < 1.29 is 13.2 Å². The molecule has 100 valence electrons. The number of hydrogen-bond acceptors (Lipinski definition) is 3. The van der Waals surface area contributed by atoms with E-state index < -0.39 is 10.2 Å². The second-order valence-electron chi connectivity index (χ2n) is 3.75. The van der Waals surface area contributed by atoms with Crippen LogP contribution in [0.3, 0.4) is 0 Å². The summed E-state index contributed by atoms with van der Waals surface area (Å²) in [6.45, 7) is 1.57. The van der Waals surface area contributed by atoms with Gasteiger partial charge in [-0.3, -0.25) is 4.72 Å². The normalized spacial score (nSPS) is 17.7. The van der Waals surface area contributed by atoms with Crippen molar-refractivity contribution in [2.75, 3.05) is 31.0 Å². The SMILES string of the molecule is O=S(=O)(Nc1ccc(Cl)c(Br)c1)N1CCOCC1. The highest BCUT2D eigenvalue weighted by Crippen LogP contribution is 2.26. The lowest BCUT2D eigenvalue weighted by Crippen LogP contribution is -2.43. The predicted molar refractivity (Wildman–Crippen MR) is 74.1 cm³/mol. The zero-order valence-electron chi connectivity index (χ0n) is 9.40. The zero-order valence-corrected chi connectivity index (χ0v) is 12.6. The molecule has 0 amide bonds. The van der Waals surface area contributed by atoms with Crippen molar-refractivity contribution in [1.82, 2.24) is 4.31 Å². The molecule has 0 atom stereocenters. The van der Waals surface area contributed by atoms with Crippen LogP contribution in [0.4, 0.5) is 5.69 Å². The molecule has 8 heteroatoms. The van der Waals surface area contributed by atoms with E-state index in [1.807, 2.05) is 0 Å². The van der Waals surface area contributed by atoms with E-state index in [0.29, 0.717) is 41.5 Å². The number of hydrogen-bond donors (Lipinski definition) is 1. The van der Waals surface area contributed by atoms with Gasteiger partial charge < -0.3 is 4.74 Å². The molecular formula is C10H12BrClN2O3S. The molecule has 1 aliphatic heterocycles. The van der Waals surface area contributed by atoms with Crippen molar-refractivity contribution in [2.24, 2.45) is 0 Å². The number of nitrogens with zero attached hydrogens (tertiary/aromatic N) is 1. The summed E-state index contributed by atoms with van der Waals surface area (Å²) in [7, 11) is -3.53. The molecule has 2 rings (SSSR count). The molecule has 1 saturated heterocycles. The number of anilines is 1. The highest BCUT2D eigenvalue weighted by molar-refractivity contribution is 9.10. The minimum absolute atomic E-state index is 0.365. The molecule has 1 N–H and O–H groups in total. The van der Waals surface area contributed by atoms with E-state index in [9.17, 15) is 8.42 Å². The van der Waals surface area contributed by atoms with Crippen LogP contribution in [0.2, 0.25) is 5.02 Å². The second-order valence-corrected chi connectivity index (χ2v) is 6.68. The standard InChI is InChI=1S/C10H12BrClN2O3S/c11-9-7-8(1-2-10(9)12)13-18(15,16)14-3-5-17-6-4-14/h1-2,7,13H,3-6H2. The Bertz CT molecular complexity index is 532. The van der Waals surface area contributed by atoms with E-state index in [1.165, 1.54) is 4.31 Å². The van der Waals surface area contributed by atoms with Crippen molar-refractivity contribution >= 4 is 43.4 Å². The summed E-state index contributed by atoms with van der Waals surface area (Å²) in [6.07, 6.45) is 0. The third kappa shape index (κ3) is 3.36. The van der Waals surface area contributed by atoms with Crippen LogP contribution in [0.15, 0.2) is 22.7 Å². The molecule has 5 nitrogen and oxygen atoms in total. The molecule has 0 bridgehead atoms. The van der Waals surface area contributed by atoms with Gasteiger partial charge in [0, 0.05) is 17.6 Å². The average Bonchev–Trinajstić information content (AvgIpc) is 2.35. The van der Waals surface area contributed by atoms with E-state index in [-0.39, 0.29) is 0 Å². The number of rotatable bonds is 3. The van der Waals surface area contributed by atoms with E-state index in [2.05, 4.69) is 20.7 Å². The van der Waals surface area contributed by atoms with Crippen LogP contribution in [-0.2, 0) is 14.9 Å². The molecule has 1 aromatic rings. The summed E-state index contributed by atoms with van der Waals surface area (Å²) >= 11 is 9.10. The lowest BCUT2D eigenvalue weighted by Gasteiger charge is -2.26. The number of benzene rings is 1. The van der Waals surface area contributed by atoms with E-state index in [4.69, 9.17) is 16.3 Å². The summed E-state index contributed by atoms with van der Waals surface area (Å²) in [6, 6.07) is 4.87. The first kappa shape index (κ1) is 14.1. The fourth-order valence-electron chi connectivity index (χ4n) is 1.56. The average molecular weight is 356 g/mol. The molecule has 0 spiro atoms. The molecule has 1 aliphatic rings. The van der Waals surface area contributed by atoms with Gasteiger partial charge in [0.1, 0.15) is 0 Å². The Kier molecular flexibility index (Phi) is 4.50. The predicted octanol–water partition coefficient (Wildman–Crippen LogP) is 2.09. The van der Waals surface area contributed by atoms with Crippen molar-refractivity contribution in [3.05, 3.63) is 27.7 Å². The summed E-state index contributed by atoms with van der Waals surface area (Å²) < 4.78 is 33.8. The summed E-state index contributed by atoms with van der Waals surface area (Å²) in [5, 5.41) is 0.532. The van der Waals surface area contributed by atoms with E-state index in [1.54, 1.807) is 18.2 Å². The van der Waals surface area contributed by atoms with Crippen LogP contribution in [-0.4, -0.2) is 39.0 Å². The minimum atomic E-state index is -3.53. The third-order valence-corrected chi connectivity index (χ3v) is 5.23. The highest BCUT2D eigenvalue weighted by Gasteiger charge is 2.24.